The Morgan fingerprint density at radius 1 is 1.04 bits per heavy atom. The smallest absolute Gasteiger partial charge is 0.134 e. The zero-order valence-electron chi connectivity index (χ0n) is 16.2. The van der Waals surface area contributed by atoms with Crippen molar-refractivity contribution in [2.24, 2.45) is 0 Å². The van der Waals surface area contributed by atoms with Crippen LogP contribution in [0.3, 0.4) is 0 Å². The van der Waals surface area contributed by atoms with E-state index >= 15 is 0 Å². The molecule has 1 aliphatic carbocycles. The van der Waals surface area contributed by atoms with Crippen LogP contribution in [0.25, 0.3) is 21.9 Å². The molecule has 2 N–H and O–H groups in total. The minimum atomic E-state index is -0.306. The molecule has 0 radical (unpaired) electrons. The van der Waals surface area contributed by atoms with E-state index in [2.05, 4.69) is 30.4 Å². The molecule has 4 nitrogen and oxygen atoms in total. The largest absolute Gasteiger partial charge is 0.496 e. The van der Waals surface area contributed by atoms with Gasteiger partial charge in [0.05, 0.1) is 13.2 Å². The van der Waals surface area contributed by atoms with Gasteiger partial charge in [-0.1, -0.05) is 17.7 Å². The summed E-state index contributed by atoms with van der Waals surface area (Å²) in [5.41, 5.74) is 2.67. The van der Waals surface area contributed by atoms with Crippen LogP contribution in [0, 0.1) is 12.7 Å². The quantitative estimate of drug-likeness (QED) is 0.663. The number of aryl methyl sites for hydroxylation is 1. The number of nitrogens with one attached hydrogen (secondary N) is 1. The first-order valence-electron chi connectivity index (χ1n) is 9.73. The van der Waals surface area contributed by atoms with Crippen molar-refractivity contribution >= 4 is 16.6 Å². The Morgan fingerprint density at radius 3 is 2.57 bits per heavy atom. The number of hydrogen-bond donors (Lipinski definition) is 2. The van der Waals surface area contributed by atoms with Crippen molar-refractivity contribution in [2.45, 2.75) is 44.8 Å². The summed E-state index contributed by atoms with van der Waals surface area (Å²) in [5.74, 6) is 1.14. The van der Waals surface area contributed by atoms with Gasteiger partial charge in [0.1, 0.15) is 17.4 Å². The van der Waals surface area contributed by atoms with Crippen LogP contribution in [-0.4, -0.2) is 29.3 Å². The van der Waals surface area contributed by atoms with Crippen molar-refractivity contribution in [1.82, 2.24) is 4.98 Å². The van der Waals surface area contributed by atoms with Gasteiger partial charge >= 0.3 is 0 Å². The number of anilines is 1. The Labute approximate surface area is 164 Å². The molecule has 2 aromatic carbocycles. The number of aliphatic hydroxyl groups excluding tert-OH is 1. The number of aromatic nitrogens is 1. The average molecular weight is 380 g/mol. The first kappa shape index (κ1) is 18.7. The number of methoxy groups -OCH3 is 1. The van der Waals surface area contributed by atoms with E-state index in [9.17, 15) is 9.50 Å². The van der Waals surface area contributed by atoms with Gasteiger partial charge in [0, 0.05) is 28.8 Å². The third-order valence-corrected chi connectivity index (χ3v) is 5.53. The highest BCUT2D eigenvalue weighted by atomic mass is 19.1. The monoisotopic (exact) mass is 380 g/mol. The highest BCUT2D eigenvalue weighted by Gasteiger charge is 2.21. The zero-order valence-corrected chi connectivity index (χ0v) is 16.2. The van der Waals surface area contributed by atoms with Gasteiger partial charge in [-0.25, -0.2) is 9.37 Å². The number of halogens is 1. The van der Waals surface area contributed by atoms with E-state index in [0.717, 1.165) is 53.4 Å². The number of aliphatic hydroxyl groups is 1. The molecule has 3 aromatic rings. The molecule has 1 aromatic heterocycles. The number of ether oxygens (including phenoxy) is 1. The second-order valence-electron chi connectivity index (χ2n) is 7.56. The fraction of sp³-hybridized carbons (Fsp3) is 0.348. The van der Waals surface area contributed by atoms with E-state index in [1.807, 2.05) is 0 Å². The van der Waals surface area contributed by atoms with Crippen molar-refractivity contribution in [3.8, 4) is 16.9 Å². The second-order valence-corrected chi connectivity index (χ2v) is 7.56. The van der Waals surface area contributed by atoms with Crippen LogP contribution in [0.2, 0.25) is 0 Å². The number of hydrogen-bond acceptors (Lipinski definition) is 4. The van der Waals surface area contributed by atoms with Crippen LogP contribution in [0.15, 0.2) is 42.6 Å². The minimum absolute atomic E-state index is 0.187. The van der Waals surface area contributed by atoms with E-state index in [-0.39, 0.29) is 11.9 Å². The summed E-state index contributed by atoms with van der Waals surface area (Å²) in [6.07, 6.45) is 5.08. The van der Waals surface area contributed by atoms with Gasteiger partial charge in [-0.15, -0.1) is 0 Å². The highest BCUT2D eigenvalue weighted by molar-refractivity contribution is 6.03. The Hall–Kier alpha value is -2.66. The molecule has 0 atom stereocenters. The van der Waals surface area contributed by atoms with Crippen molar-refractivity contribution in [3.05, 3.63) is 54.0 Å². The van der Waals surface area contributed by atoms with E-state index in [1.54, 1.807) is 19.4 Å². The van der Waals surface area contributed by atoms with E-state index in [4.69, 9.17) is 9.72 Å². The van der Waals surface area contributed by atoms with Gasteiger partial charge in [-0.2, -0.15) is 0 Å². The number of benzene rings is 2. The predicted molar refractivity (Wildman–Crippen MR) is 110 cm³/mol. The van der Waals surface area contributed by atoms with Crippen molar-refractivity contribution in [3.63, 3.8) is 0 Å². The summed E-state index contributed by atoms with van der Waals surface area (Å²) in [7, 11) is 1.59. The lowest BCUT2D eigenvalue weighted by atomic mass is 9.92. The molecule has 0 amide bonds. The van der Waals surface area contributed by atoms with Gasteiger partial charge in [0.25, 0.3) is 0 Å². The molecule has 1 heterocycles. The van der Waals surface area contributed by atoms with Gasteiger partial charge in [-0.05, 0) is 62.3 Å². The van der Waals surface area contributed by atoms with E-state index < -0.39 is 0 Å². The molecule has 0 aliphatic heterocycles. The summed E-state index contributed by atoms with van der Waals surface area (Å²) < 4.78 is 19.4. The lowest BCUT2D eigenvalue weighted by Gasteiger charge is -2.27. The fourth-order valence-electron chi connectivity index (χ4n) is 3.99. The van der Waals surface area contributed by atoms with Gasteiger partial charge in [0.2, 0.25) is 0 Å². The summed E-state index contributed by atoms with van der Waals surface area (Å²) in [5, 5.41) is 15.3. The van der Waals surface area contributed by atoms with Gasteiger partial charge in [0.15, 0.2) is 0 Å². The van der Waals surface area contributed by atoms with Gasteiger partial charge in [-0.3, -0.25) is 0 Å². The third kappa shape index (κ3) is 3.67. The summed E-state index contributed by atoms with van der Waals surface area (Å²) in [6, 6.07) is 11.1. The molecule has 1 saturated carbocycles. The standard InChI is InChI=1S/C23H25FN2O2/c1-14-3-9-18-20(11-14)23(26-16-5-7-17(27)8-6-16)25-13-21(18)19-12-15(24)4-10-22(19)28-2/h3-4,9-13,16-17,27H,5-8H2,1-2H3,(H,25,26). The number of pyridine rings is 1. The molecule has 0 bridgehead atoms. The van der Waals surface area contributed by atoms with Crippen LogP contribution in [0.4, 0.5) is 10.2 Å². The maximum absolute atomic E-state index is 13.9. The SMILES string of the molecule is COc1ccc(F)cc1-c1cnc(NC2CCC(O)CC2)c2cc(C)ccc12. The molecule has 0 spiro atoms. The maximum Gasteiger partial charge on any atom is 0.134 e. The summed E-state index contributed by atoms with van der Waals surface area (Å²) in [6.45, 7) is 2.05. The maximum atomic E-state index is 13.9. The molecule has 0 saturated heterocycles. The zero-order chi connectivity index (χ0) is 19.7. The number of fused-ring (bicyclic) bond motifs is 1. The van der Waals surface area contributed by atoms with Crippen LogP contribution in [0.1, 0.15) is 31.2 Å². The van der Waals surface area contributed by atoms with E-state index in [1.165, 1.54) is 12.1 Å². The fourth-order valence-corrected chi connectivity index (χ4v) is 3.99. The summed E-state index contributed by atoms with van der Waals surface area (Å²) >= 11 is 0. The van der Waals surface area contributed by atoms with Crippen molar-refractivity contribution in [2.75, 3.05) is 12.4 Å². The Balaban J connectivity index is 1.80. The molecule has 1 aliphatic rings. The van der Waals surface area contributed by atoms with Crippen LogP contribution >= 0.6 is 0 Å². The Kier molecular flexibility index (Phi) is 5.18. The first-order chi connectivity index (χ1) is 13.5. The topological polar surface area (TPSA) is 54.4 Å². The van der Waals surface area contributed by atoms with Gasteiger partial charge < -0.3 is 15.2 Å². The van der Waals surface area contributed by atoms with E-state index in [0.29, 0.717) is 17.4 Å². The molecular weight excluding hydrogens is 355 g/mol. The minimum Gasteiger partial charge on any atom is -0.496 e. The normalized spacial score (nSPS) is 19.6. The Morgan fingerprint density at radius 2 is 1.82 bits per heavy atom. The van der Waals surface area contributed by atoms with Crippen molar-refractivity contribution < 1.29 is 14.2 Å². The van der Waals surface area contributed by atoms with Crippen LogP contribution < -0.4 is 10.1 Å². The third-order valence-electron chi connectivity index (χ3n) is 5.53. The second kappa shape index (κ2) is 7.76. The highest BCUT2D eigenvalue weighted by Crippen LogP contribution is 2.38. The molecule has 5 heteroatoms. The van der Waals surface area contributed by atoms with Crippen LogP contribution in [-0.2, 0) is 0 Å². The number of nitrogens with zero attached hydrogens (tertiary/aromatic N) is 1. The molecule has 28 heavy (non-hydrogen) atoms. The molecule has 0 unspecified atom stereocenters. The average Bonchev–Trinajstić information content (AvgIpc) is 2.70. The molecule has 146 valence electrons. The Bertz CT molecular complexity index is 997. The first-order valence-corrected chi connectivity index (χ1v) is 9.73. The lowest BCUT2D eigenvalue weighted by Crippen LogP contribution is -2.28. The molecule has 4 rings (SSSR count). The summed E-state index contributed by atoms with van der Waals surface area (Å²) in [4.78, 5) is 4.69. The lowest BCUT2D eigenvalue weighted by molar-refractivity contribution is 0.126. The molecule has 1 fully saturated rings. The molecular formula is C23H25FN2O2. The van der Waals surface area contributed by atoms with Crippen LogP contribution in [0.5, 0.6) is 5.75 Å². The predicted octanol–water partition coefficient (Wildman–Crippen LogP) is 5.07. The number of rotatable bonds is 4. The van der Waals surface area contributed by atoms with Crippen molar-refractivity contribution in [1.29, 1.82) is 0 Å².